The zero-order valence-electron chi connectivity index (χ0n) is 18.7. The molecule has 4 nitrogen and oxygen atoms in total. The van der Waals surface area contributed by atoms with E-state index in [1.54, 1.807) is 13.0 Å². The van der Waals surface area contributed by atoms with Gasteiger partial charge in [-0.05, 0) is 60.4 Å². The van der Waals surface area contributed by atoms with Gasteiger partial charge in [-0.25, -0.2) is 9.37 Å². The number of rotatable bonds is 4. The number of nitriles is 1. The van der Waals surface area contributed by atoms with Gasteiger partial charge < -0.3 is 9.30 Å². The number of para-hydroxylation sites is 2. The van der Waals surface area contributed by atoms with Crippen LogP contribution in [0.4, 0.5) is 4.39 Å². The number of allylic oxidation sites excluding steroid dienone is 1. The zero-order valence-corrected chi connectivity index (χ0v) is 18.7. The molecule has 2 heterocycles. The lowest BCUT2D eigenvalue weighted by Crippen LogP contribution is -2.06. The minimum Gasteiger partial charge on any atom is -0.488 e. The van der Waals surface area contributed by atoms with Gasteiger partial charge in [-0.2, -0.15) is 5.26 Å². The molecule has 5 heteroatoms. The Balaban J connectivity index is 1.60. The number of ether oxygens (including phenoxy) is 1. The number of fused-ring (bicyclic) bond motifs is 3. The van der Waals surface area contributed by atoms with E-state index >= 15 is 0 Å². The summed E-state index contributed by atoms with van der Waals surface area (Å²) in [5.41, 5.74) is 7.31. The third kappa shape index (κ3) is 3.78. The van der Waals surface area contributed by atoms with Gasteiger partial charge in [0.2, 0.25) is 0 Å². The van der Waals surface area contributed by atoms with Gasteiger partial charge in [-0.1, -0.05) is 31.2 Å². The van der Waals surface area contributed by atoms with Gasteiger partial charge in [0.05, 0.1) is 17.1 Å². The summed E-state index contributed by atoms with van der Waals surface area (Å²) in [5, 5.41) is 9.66. The van der Waals surface area contributed by atoms with Gasteiger partial charge in [0.15, 0.2) is 0 Å². The molecule has 1 aliphatic heterocycles. The van der Waals surface area contributed by atoms with E-state index < -0.39 is 0 Å². The van der Waals surface area contributed by atoms with Crippen LogP contribution < -0.4 is 4.74 Å². The molecule has 0 amide bonds. The van der Waals surface area contributed by atoms with Crippen molar-refractivity contribution in [3.8, 4) is 11.8 Å². The van der Waals surface area contributed by atoms with Crippen molar-refractivity contribution in [1.82, 2.24) is 9.55 Å². The molecule has 0 atom stereocenters. The number of nitrogens with zero attached hydrogens (tertiary/aromatic N) is 3. The monoisotopic (exact) mass is 437 g/mol. The van der Waals surface area contributed by atoms with Crippen molar-refractivity contribution in [3.63, 3.8) is 0 Å². The van der Waals surface area contributed by atoms with Crippen molar-refractivity contribution in [2.75, 3.05) is 0 Å². The van der Waals surface area contributed by atoms with Crippen molar-refractivity contribution < 1.29 is 9.13 Å². The van der Waals surface area contributed by atoms with Crippen LogP contribution >= 0.6 is 0 Å². The highest BCUT2D eigenvalue weighted by molar-refractivity contribution is 5.88. The molecule has 1 aliphatic rings. The largest absolute Gasteiger partial charge is 0.488 e. The molecule has 0 aliphatic carbocycles. The quantitative estimate of drug-likeness (QED) is 0.347. The number of hydrogen-bond donors (Lipinski definition) is 0. The summed E-state index contributed by atoms with van der Waals surface area (Å²) >= 11 is 0. The molecule has 33 heavy (non-hydrogen) atoms. The molecule has 5 rings (SSSR count). The van der Waals surface area contributed by atoms with Gasteiger partial charge in [-0.15, -0.1) is 0 Å². The second-order valence-corrected chi connectivity index (χ2v) is 8.39. The summed E-state index contributed by atoms with van der Waals surface area (Å²) in [7, 11) is 0. The van der Waals surface area contributed by atoms with Crippen LogP contribution in [0.3, 0.4) is 0 Å². The lowest BCUT2D eigenvalue weighted by atomic mass is 9.90. The van der Waals surface area contributed by atoms with Gasteiger partial charge in [0, 0.05) is 35.7 Å². The summed E-state index contributed by atoms with van der Waals surface area (Å²) < 4.78 is 22.2. The number of aryl methyl sites for hydroxylation is 1. The van der Waals surface area contributed by atoms with Crippen LogP contribution in [-0.4, -0.2) is 9.55 Å². The van der Waals surface area contributed by atoms with Crippen LogP contribution in [0.5, 0.6) is 5.75 Å². The van der Waals surface area contributed by atoms with Crippen LogP contribution in [0.2, 0.25) is 0 Å². The molecule has 1 aromatic heterocycles. The first-order chi connectivity index (χ1) is 16.1. The van der Waals surface area contributed by atoms with E-state index in [1.807, 2.05) is 18.2 Å². The molecule has 0 saturated carbocycles. The molecule has 0 bridgehead atoms. The fourth-order valence-corrected chi connectivity index (χ4v) is 4.59. The molecule has 3 aromatic carbocycles. The van der Waals surface area contributed by atoms with Crippen LogP contribution in [0, 0.1) is 17.1 Å². The number of halogens is 1. The summed E-state index contributed by atoms with van der Waals surface area (Å²) in [6.45, 7) is 4.96. The summed E-state index contributed by atoms with van der Waals surface area (Å²) in [4.78, 5) is 4.84. The lowest BCUT2D eigenvalue weighted by molar-refractivity contribution is 0.305. The third-order valence-electron chi connectivity index (χ3n) is 6.13. The predicted octanol–water partition coefficient (Wildman–Crippen LogP) is 6.41. The van der Waals surface area contributed by atoms with Crippen molar-refractivity contribution in [3.05, 3.63) is 100 Å². The molecule has 164 valence electrons. The van der Waals surface area contributed by atoms with E-state index in [0.717, 1.165) is 57.5 Å². The Morgan fingerprint density at radius 3 is 2.76 bits per heavy atom. The second kappa shape index (κ2) is 8.55. The first-order valence-electron chi connectivity index (χ1n) is 11.2. The van der Waals surface area contributed by atoms with E-state index in [4.69, 9.17) is 9.72 Å². The Morgan fingerprint density at radius 1 is 1.12 bits per heavy atom. The SMILES string of the molecule is CCCc1nc2ccccc2n1Cc1ccc2c(c1)COc1cc(F)ccc1C2=C(C)C#N. The Kier molecular flexibility index (Phi) is 5.43. The Labute approximate surface area is 192 Å². The normalized spacial score (nSPS) is 14.1. The first-order valence-corrected chi connectivity index (χ1v) is 11.2. The summed E-state index contributed by atoms with van der Waals surface area (Å²) in [6.07, 6.45) is 1.94. The molecule has 0 N–H and O–H groups in total. The van der Waals surface area contributed by atoms with Crippen molar-refractivity contribution in [2.24, 2.45) is 0 Å². The maximum Gasteiger partial charge on any atom is 0.130 e. The first kappa shape index (κ1) is 21.0. The van der Waals surface area contributed by atoms with Crippen LogP contribution in [0.1, 0.15) is 48.3 Å². The van der Waals surface area contributed by atoms with Gasteiger partial charge >= 0.3 is 0 Å². The maximum absolute atomic E-state index is 13.9. The van der Waals surface area contributed by atoms with Crippen LogP contribution in [-0.2, 0) is 19.6 Å². The highest BCUT2D eigenvalue weighted by Crippen LogP contribution is 2.39. The summed E-state index contributed by atoms with van der Waals surface area (Å²) in [6, 6.07) is 21.3. The number of imidazole rings is 1. The van der Waals surface area contributed by atoms with E-state index in [2.05, 4.69) is 41.8 Å². The second-order valence-electron chi connectivity index (χ2n) is 8.39. The summed E-state index contributed by atoms with van der Waals surface area (Å²) in [5.74, 6) is 1.18. The minimum absolute atomic E-state index is 0.314. The van der Waals surface area contributed by atoms with E-state index in [-0.39, 0.29) is 5.82 Å². The third-order valence-corrected chi connectivity index (χ3v) is 6.13. The van der Waals surface area contributed by atoms with Gasteiger partial charge in [0.1, 0.15) is 24.0 Å². The fraction of sp³-hybridized carbons (Fsp3) is 0.214. The smallest absolute Gasteiger partial charge is 0.130 e. The standard InChI is InChI=1S/C28H24FN3O/c1-3-6-27-31-24-7-4-5-8-25(24)32(27)16-19-9-11-22-20(13-19)17-33-26-14-21(29)10-12-23(26)28(22)18(2)15-30/h4-5,7-14H,3,6,16-17H2,1-2H3. The van der Waals surface area contributed by atoms with Crippen molar-refractivity contribution >= 4 is 16.6 Å². The Morgan fingerprint density at radius 2 is 1.94 bits per heavy atom. The predicted molar refractivity (Wildman–Crippen MR) is 127 cm³/mol. The fourth-order valence-electron chi connectivity index (χ4n) is 4.59. The molecule has 0 fully saturated rings. The lowest BCUT2D eigenvalue weighted by Gasteiger charge is -2.14. The van der Waals surface area contributed by atoms with E-state index in [1.165, 1.54) is 12.1 Å². The van der Waals surface area contributed by atoms with Crippen molar-refractivity contribution in [1.29, 1.82) is 5.26 Å². The molecule has 4 aromatic rings. The minimum atomic E-state index is -0.357. The zero-order chi connectivity index (χ0) is 22.9. The van der Waals surface area contributed by atoms with E-state index in [0.29, 0.717) is 24.5 Å². The van der Waals surface area contributed by atoms with E-state index in [9.17, 15) is 9.65 Å². The number of benzene rings is 3. The number of aromatic nitrogens is 2. The Hall–Kier alpha value is -3.91. The average Bonchev–Trinajstić information content (AvgIpc) is 3.07. The molecular formula is C28H24FN3O. The van der Waals surface area contributed by atoms with Gasteiger partial charge in [-0.3, -0.25) is 0 Å². The van der Waals surface area contributed by atoms with Gasteiger partial charge in [0.25, 0.3) is 0 Å². The molecule has 0 radical (unpaired) electrons. The molecule has 0 spiro atoms. The molecule has 0 saturated heterocycles. The topological polar surface area (TPSA) is 50.8 Å². The van der Waals surface area contributed by atoms with Crippen molar-refractivity contribution in [2.45, 2.75) is 39.8 Å². The highest BCUT2D eigenvalue weighted by atomic mass is 19.1. The molecule has 0 unspecified atom stereocenters. The van der Waals surface area contributed by atoms with Crippen LogP contribution in [0.15, 0.2) is 66.2 Å². The number of hydrogen-bond acceptors (Lipinski definition) is 3. The Bertz CT molecular complexity index is 1440. The highest BCUT2D eigenvalue weighted by Gasteiger charge is 2.22. The average molecular weight is 438 g/mol. The van der Waals surface area contributed by atoms with Crippen LogP contribution in [0.25, 0.3) is 16.6 Å². The maximum atomic E-state index is 13.9. The molecular weight excluding hydrogens is 413 g/mol.